The predicted molar refractivity (Wildman–Crippen MR) is 38.0 cm³/mol. The van der Waals surface area contributed by atoms with E-state index in [1.165, 1.54) is 0 Å². The molecule has 0 radical (unpaired) electrons. The van der Waals surface area contributed by atoms with Crippen LogP contribution in [0.4, 0.5) is 4.39 Å². The SMILES string of the molecule is CC(N)CC(C)CCF. The number of halogens is 1. The van der Waals surface area contributed by atoms with Gasteiger partial charge in [-0.1, -0.05) is 6.92 Å². The first-order valence-corrected chi connectivity index (χ1v) is 3.48. The van der Waals surface area contributed by atoms with Gasteiger partial charge in [-0.25, -0.2) is 0 Å². The quantitative estimate of drug-likeness (QED) is 0.621. The zero-order valence-corrected chi connectivity index (χ0v) is 6.23. The first-order valence-electron chi connectivity index (χ1n) is 3.48. The van der Waals surface area contributed by atoms with Crippen molar-refractivity contribution in [2.24, 2.45) is 11.7 Å². The topological polar surface area (TPSA) is 26.0 Å². The molecule has 0 amide bonds. The van der Waals surface area contributed by atoms with Gasteiger partial charge in [0.05, 0.1) is 6.67 Å². The van der Waals surface area contributed by atoms with Crippen molar-refractivity contribution in [3.63, 3.8) is 0 Å². The molecule has 0 aromatic heterocycles. The van der Waals surface area contributed by atoms with E-state index in [9.17, 15) is 4.39 Å². The summed E-state index contributed by atoms with van der Waals surface area (Å²) in [5, 5.41) is 0. The third kappa shape index (κ3) is 5.77. The number of hydrogen-bond donors (Lipinski definition) is 1. The Hall–Kier alpha value is -0.110. The molecule has 0 aliphatic heterocycles. The van der Waals surface area contributed by atoms with Gasteiger partial charge in [-0.05, 0) is 25.7 Å². The van der Waals surface area contributed by atoms with E-state index in [-0.39, 0.29) is 12.7 Å². The molecule has 2 atom stereocenters. The number of rotatable bonds is 4. The average molecular weight is 133 g/mol. The molecule has 0 aromatic carbocycles. The lowest BCUT2D eigenvalue weighted by atomic mass is 10.0. The summed E-state index contributed by atoms with van der Waals surface area (Å²) in [6, 6.07) is 0.214. The first-order chi connectivity index (χ1) is 4.16. The van der Waals surface area contributed by atoms with Crippen LogP contribution in [-0.2, 0) is 0 Å². The van der Waals surface area contributed by atoms with Gasteiger partial charge in [0.25, 0.3) is 0 Å². The molecule has 9 heavy (non-hydrogen) atoms. The molecule has 0 fully saturated rings. The van der Waals surface area contributed by atoms with Crippen LogP contribution in [0, 0.1) is 5.92 Å². The molecule has 0 saturated heterocycles. The fourth-order valence-electron chi connectivity index (χ4n) is 0.939. The van der Waals surface area contributed by atoms with Crippen molar-refractivity contribution in [2.45, 2.75) is 32.7 Å². The minimum atomic E-state index is -0.214. The lowest BCUT2D eigenvalue weighted by molar-refractivity contribution is 0.375. The van der Waals surface area contributed by atoms with Crippen LogP contribution < -0.4 is 5.73 Å². The Labute approximate surface area is 56.4 Å². The molecule has 0 heterocycles. The fraction of sp³-hybridized carbons (Fsp3) is 1.00. The Balaban J connectivity index is 3.15. The zero-order valence-electron chi connectivity index (χ0n) is 6.23. The van der Waals surface area contributed by atoms with E-state index < -0.39 is 0 Å². The van der Waals surface area contributed by atoms with Crippen molar-refractivity contribution in [3.05, 3.63) is 0 Å². The Morgan fingerprint density at radius 1 is 1.44 bits per heavy atom. The van der Waals surface area contributed by atoms with E-state index >= 15 is 0 Å². The molecule has 2 unspecified atom stereocenters. The molecule has 0 aliphatic carbocycles. The summed E-state index contributed by atoms with van der Waals surface area (Å²) < 4.78 is 11.7. The van der Waals surface area contributed by atoms with Gasteiger partial charge >= 0.3 is 0 Å². The van der Waals surface area contributed by atoms with Crippen molar-refractivity contribution in [1.82, 2.24) is 0 Å². The van der Waals surface area contributed by atoms with Crippen LogP contribution in [0.15, 0.2) is 0 Å². The summed E-state index contributed by atoms with van der Waals surface area (Å²) in [6.07, 6.45) is 1.59. The Bertz CT molecular complexity index is 63.9. The van der Waals surface area contributed by atoms with Crippen molar-refractivity contribution in [2.75, 3.05) is 6.67 Å². The van der Waals surface area contributed by atoms with Gasteiger partial charge in [0.2, 0.25) is 0 Å². The third-order valence-corrected chi connectivity index (χ3v) is 1.38. The van der Waals surface area contributed by atoms with Gasteiger partial charge < -0.3 is 5.73 Å². The molecule has 0 bridgehead atoms. The molecule has 0 rings (SSSR count). The molecule has 0 aromatic rings. The van der Waals surface area contributed by atoms with Crippen LogP contribution in [-0.4, -0.2) is 12.7 Å². The fourth-order valence-corrected chi connectivity index (χ4v) is 0.939. The Morgan fingerprint density at radius 3 is 2.33 bits per heavy atom. The zero-order chi connectivity index (χ0) is 7.28. The number of alkyl halides is 1. The van der Waals surface area contributed by atoms with Crippen LogP contribution in [0.1, 0.15) is 26.7 Å². The minimum Gasteiger partial charge on any atom is -0.328 e. The van der Waals surface area contributed by atoms with E-state index in [2.05, 4.69) is 0 Å². The maximum atomic E-state index is 11.7. The second-order valence-electron chi connectivity index (χ2n) is 2.80. The molecule has 0 saturated carbocycles. The van der Waals surface area contributed by atoms with E-state index in [0.29, 0.717) is 12.3 Å². The second kappa shape index (κ2) is 4.74. The molecule has 0 spiro atoms. The largest absolute Gasteiger partial charge is 0.328 e. The van der Waals surface area contributed by atoms with Crippen LogP contribution >= 0.6 is 0 Å². The first kappa shape index (κ1) is 8.89. The smallest absolute Gasteiger partial charge is 0.0897 e. The monoisotopic (exact) mass is 133 g/mol. The van der Waals surface area contributed by atoms with Crippen LogP contribution in [0.25, 0.3) is 0 Å². The van der Waals surface area contributed by atoms with E-state index in [1.54, 1.807) is 0 Å². The minimum absolute atomic E-state index is 0.214. The van der Waals surface area contributed by atoms with Crippen molar-refractivity contribution >= 4 is 0 Å². The van der Waals surface area contributed by atoms with E-state index in [1.807, 2.05) is 13.8 Å². The van der Waals surface area contributed by atoms with Gasteiger partial charge in [0.15, 0.2) is 0 Å². The highest BCUT2D eigenvalue weighted by molar-refractivity contribution is 4.59. The van der Waals surface area contributed by atoms with Crippen LogP contribution in [0.2, 0.25) is 0 Å². The molecule has 2 heteroatoms. The molecule has 56 valence electrons. The summed E-state index contributed by atoms with van der Waals surface area (Å²) in [6.45, 7) is 3.77. The maximum absolute atomic E-state index is 11.7. The molecule has 1 nitrogen and oxygen atoms in total. The lowest BCUT2D eigenvalue weighted by Crippen LogP contribution is -2.18. The molecular weight excluding hydrogens is 117 g/mol. The Morgan fingerprint density at radius 2 is 2.00 bits per heavy atom. The lowest BCUT2D eigenvalue weighted by Gasteiger charge is -2.10. The Kier molecular flexibility index (Phi) is 4.68. The summed E-state index contributed by atoms with van der Waals surface area (Å²) >= 11 is 0. The highest BCUT2D eigenvalue weighted by Crippen LogP contribution is 2.08. The van der Waals surface area contributed by atoms with Gasteiger partial charge in [0, 0.05) is 6.04 Å². The maximum Gasteiger partial charge on any atom is 0.0897 e. The molecule has 2 N–H and O–H groups in total. The highest BCUT2D eigenvalue weighted by atomic mass is 19.1. The molecule has 0 aliphatic rings. The van der Waals surface area contributed by atoms with Gasteiger partial charge in [0.1, 0.15) is 0 Å². The highest BCUT2D eigenvalue weighted by Gasteiger charge is 2.03. The van der Waals surface area contributed by atoms with E-state index in [0.717, 1.165) is 6.42 Å². The standard InChI is InChI=1S/C7H16FN/c1-6(3-4-8)5-7(2)9/h6-7H,3-5,9H2,1-2H3. The van der Waals surface area contributed by atoms with Gasteiger partial charge in [-0.15, -0.1) is 0 Å². The summed E-state index contributed by atoms with van der Waals surface area (Å²) in [5.74, 6) is 0.440. The number of hydrogen-bond acceptors (Lipinski definition) is 1. The van der Waals surface area contributed by atoms with Crippen LogP contribution in [0.3, 0.4) is 0 Å². The summed E-state index contributed by atoms with van der Waals surface area (Å²) in [4.78, 5) is 0. The predicted octanol–water partition coefficient (Wildman–Crippen LogP) is 1.72. The average Bonchev–Trinajstić information content (AvgIpc) is 1.63. The third-order valence-electron chi connectivity index (χ3n) is 1.38. The second-order valence-corrected chi connectivity index (χ2v) is 2.80. The van der Waals surface area contributed by atoms with Crippen molar-refractivity contribution < 1.29 is 4.39 Å². The summed E-state index contributed by atoms with van der Waals surface area (Å²) in [7, 11) is 0. The van der Waals surface area contributed by atoms with Crippen molar-refractivity contribution in [1.29, 1.82) is 0 Å². The van der Waals surface area contributed by atoms with Crippen molar-refractivity contribution in [3.8, 4) is 0 Å². The van der Waals surface area contributed by atoms with E-state index in [4.69, 9.17) is 5.73 Å². The van der Waals surface area contributed by atoms with Gasteiger partial charge in [-0.3, -0.25) is 4.39 Å². The summed E-state index contributed by atoms with van der Waals surface area (Å²) in [5.41, 5.74) is 5.50. The number of nitrogens with two attached hydrogens (primary N) is 1. The molecular formula is C7H16FN. The van der Waals surface area contributed by atoms with Crippen LogP contribution in [0.5, 0.6) is 0 Å². The van der Waals surface area contributed by atoms with Gasteiger partial charge in [-0.2, -0.15) is 0 Å². The normalized spacial score (nSPS) is 17.3.